The summed E-state index contributed by atoms with van der Waals surface area (Å²) in [6.07, 6.45) is 2.44. The van der Waals surface area contributed by atoms with Gasteiger partial charge in [0.25, 0.3) is 0 Å². The molecule has 3 heterocycles. The monoisotopic (exact) mass is 443 g/mol. The van der Waals surface area contributed by atoms with Gasteiger partial charge in [0.05, 0.1) is 5.56 Å². The van der Waals surface area contributed by atoms with Crippen LogP contribution in [-0.4, -0.2) is 51.4 Å². The van der Waals surface area contributed by atoms with Crippen LogP contribution in [0.25, 0.3) is 22.0 Å². The molecule has 168 valence electrons. The molecule has 0 bridgehead atoms. The number of anilines is 1. The van der Waals surface area contributed by atoms with Gasteiger partial charge in [-0.05, 0) is 69.0 Å². The van der Waals surface area contributed by atoms with Crippen molar-refractivity contribution in [3.63, 3.8) is 0 Å². The molecule has 32 heavy (non-hydrogen) atoms. The van der Waals surface area contributed by atoms with Gasteiger partial charge in [-0.15, -0.1) is 10.2 Å². The Bertz CT molecular complexity index is 1160. The van der Waals surface area contributed by atoms with Crippen LogP contribution in [-0.2, 0) is 6.18 Å². The number of phenols is 1. The average Bonchev–Trinajstić information content (AvgIpc) is 3.59. The van der Waals surface area contributed by atoms with Gasteiger partial charge in [-0.3, -0.25) is 4.98 Å². The fraction of sp³-hybridized carbons (Fsp3) is 0.435. The number of pyridine rings is 1. The summed E-state index contributed by atoms with van der Waals surface area (Å²) < 4.78 is 40.1. The zero-order chi connectivity index (χ0) is 22.5. The molecule has 0 amide bonds. The first-order chi connectivity index (χ1) is 15.3. The highest BCUT2D eigenvalue weighted by Crippen LogP contribution is 2.50. The number of benzene rings is 1. The zero-order valence-electron chi connectivity index (χ0n) is 17.7. The van der Waals surface area contributed by atoms with Crippen LogP contribution < -0.4 is 5.32 Å². The lowest BCUT2D eigenvalue weighted by atomic mass is 9.94. The summed E-state index contributed by atoms with van der Waals surface area (Å²) in [5.41, 5.74) is 0.327. The minimum absolute atomic E-state index is 0.0209. The van der Waals surface area contributed by atoms with Crippen LogP contribution >= 0.6 is 0 Å². The Morgan fingerprint density at radius 2 is 1.94 bits per heavy atom. The fourth-order valence-corrected chi connectivity index (χ4v) is 4.55. The van der Waals surface area contributed by atoms with Crippen LogP contribution in [0.1, 0.15) is 42.7 Å². The molecule has 5 rings (SSSR count). The summed E-state index contributed by atoms with van der Waals surface area (Å²) >= 11 is 0. The van der Waals surface area contributed by atoms with E-state index in [4.69, 9.17) is 0 Å². The first-order valence-electron chi connectivity index (χ1n) is 10.8. The van der Waals surface area contributed by atoms with Gasteiger partial charge >= 0.3 is 6.18 Å². The Kier molecular flexibility index (Phi) is 5.16. The van der Waals surface area contributed by atoms with Crippen LogP contribution in [0.2, 0.25) is 0 Å². The molecule has 1 atom stereocenters. The standard InChI is InChI=1S/C23H24F3N5O/c1-31-8-2-3-15(12-31)28-22-18-11-27-7-6-16(18)21(29-30-22)20-17(13-4-5-13)9-14(10-19(20)32)23(24,25)26/h6-7,9-11,13,15,32H,2-5,8,12H2,1H3,(H,28,30)/t15-/m1/s1/i28+0. The molecule has 1 aromatic carbocycles. The molecule has 2 fully saturated rings. The molecule has 2 aromatic heterocycles. The van der Waals surface area contributed by atoms with E-state index in [1.54, 1.807) is 18.5 Å². The highest BCUT2D eigenvalue weighted by atomic mass is 19.4. The van der Waals surface area contributed by atoms with Crippen molar-refractivity contribution in [2.75, 3.05) is 25.5 Å². The van der Waals surface area contributed by atoms with Gasteiger partial charge < -0.3 is 15.3 Å². The Balaban J connectivity index is 1.62. The molecule has 1 aliphatic heterocycles. The van der Waals surface area contributed by atoms with Crippen molar-refractivity contribution in [1.82, 2.24) is 20.1 Å². The number of aromatic nitrogens is 3. The lowest BCUT2D eigenvalue weighted by Crippen LogP contribution is -2.40. The van der Waals surface area contributed by atoms with E-state index in [9.17, 15) is 18.3 Å². The molecule has 0 unspecified atom stereocenters. The summed E-state index contributed by atoms with van der Waals surface area (Å²) in [6, 6.07) is 3.91. The predicted octanol–water partition coefficient (Wildman–Crippen LogP) is 4.80. The number of hydrogen-bond donors (Lipinski definition) is 2. The fourth-order valence-electron chi connectivity index (χ4n) is 4.55. The van der Waals surface area contributed by atoms with E-state index in [-0.39, 0.29) is 12.0 Å². The maximum atomic E-state index is 13.4. The summed E-state index contributed by atoms with van der Waals surface area (Å²) in [7, 11) is 2.08. The number of alkyl halides is 3. The van der Waals surface area contributed by atoms with Gasteiger partial charge in [-0.2, -0.15) is 13.2 Å². The van der Waals surface area contributed by atoms with Crippen LogP contribution in [0.3, 0.4) is 0 Å². The second-order valence-electron chi connectivity index (χ2n) is 8.80. The molecular weight excluding hydrogens is 419 g/mol. The highest BCUT2D eigenvalue weighted by Gasteiger charge is 2.36. The molecule has 2 aliphatic rings. The van der Waals surface area contributed by atoms with Crippen molar-refractivity contribution < 1.29 is 18.3 Å². The number of nitrogens with one attached hydrogen (secondary N) is 1. The molecule has 1 saturated carbocycles. The first-order valence-corrected chi connectivity index (χ1v) is 10.8. The molecule has 2 N–H and O–H groups in total. The number of likely N-dealkylation sites (N-methyl/N-ethyl adjacent to an activating group) is 1. The van der Waals surface area contributed by atoms with Crippen LogP contribution in [0.4, 0.5) is 19.0 Å². The Morgan fingerprint density at radius 3 is 2.66 bits per heavy atom. The Hall–Kier alpha value is -2.94. The second-order valence-corrected chi connectivity index (χ2v) is 8.80. The Morgan fingerprint density at radius 1 is 1.12 bits per heavy atom. The predicted molar refractivity (Wildman–Crippen MR) is 116 cm³/mol. The normalized spacial score (nSPS) is 19.9. The lowest BCUT2D eigenvalue weighted by Gasteiger charge is -2.30. The van der Waals surface area contributed by atoms with Gasteiger partial charge in [0.15, 0.2) is 5.82 Å². The number of aromatic hydroxyl groups is 1. The molecule has 1 saturated heterocycles. The van der Waals surface area contributed by atoms with E-state index in [0.29, 0.717) is 28.0 Å². The zero-order valence-corrected chi connectivity index (χ0v) is 17.7. The van der Waals surface area contributed by atoms with Crippen molar-refractivity contribution in [2.24, 2.45) is 0 Å². The average molecular weight is 443 g/mol. The van der Waals surface area contributed by atoms with E-state index in [1.807, 2.05) is 0 Å². The smallest absolute Gasteiger partial charge is 0.416 e. The van der Waals surface area contributed by atoms with Crippen LogP contribution in [0, 0.1) is 0 Å². The number of halogens is 3. The second kappa shape index (κ2) is 7.88. The van der Waals surface area contributed by atoms with Crippen molar-refractivity contribution in [1.29, 1.82) is 0 Å². The Labute approximate surface area is 183 Å². The number of piperidine rings is 1. The van der Waals surface area contributed by atoms with Gasteiger partial charge in [-0.1, -0.05) is 0 Å². The molecule has 1 aliphatic carbocycles. The van der Waals surface area contributed by atoms with Crippen molar-refractivity contribution in [2.45, 2.75) is 43.8 Å². The minimum atomic E-state index is -4.53. The summed E-state index contributed by atoms with van der Waals surface area (Å²) in [6.45, 7) is 1.94. The molecule has 0 radical (unpaired) electrons. The van der Waals surface area contributed by atoms with Crippen LogP contribution in [0.15, 0.2) is 30.6 Å². The third kappa shape index (κ3) is 3.97. The number of nitrogens with zero attached hydrogens (tertiary/aromatic N) is 4. The van der Waals surface area contributed by atoms with Gasteiger partial charge in [0, 0.05) is 41.3 Å². The maximum Gasteiger partial charge on any atom is 0.416 e. The number of likely N-dealkylation sites (tertiary alicyclic amines) is 1. The number of fused-ring (bicyclic) bond motifs is 1. The van der Waals surface area contributed by atoms with Crippen molar-refractivity contribution >= 4 is 16.6 Å². The molecule has 9 heteroatoms. The maximum absolute atomic E-state index is 13.4. The lowest BCUT2D eigenvalue weighted by molar-refractivity contribution is -0.137. The van der Waals surface area contributed by atoms with E-state index < -0.39 is 17.5 Å². The van der Waals surface area contributed by atoms with E-state index in [1.165, 1.54) is 0 Å². The molecule has 0 spiro atoms. The highest BCUT2D eigenvalue weighted by molar-refractivity contribution is 6.01. The molecule has 3 aromatic rings. The van der Waals surface area contributed by atoms with E-state index in [0.717, 1.165) is 56.3 Å². The number of phenolic OH excluding ortho intramolecular Hbond substituents is 1. The largest absolute Gasteiger partial charge is 0.507 e. The third-order valence-electron chi connectivity index (χ3n) is 6.28. The van der Waals surface area contributed by atoms with E-state index in [2.05, 4.69) is 32.4 Å². The molecular formula is C23H24F3N5O. The SMILES string of the molecule is CN1CCC[C@@H]([14NH]c2nnc(-c3c(O)cc(C(F)(F)F)cc3C3CC3)c3ccncc23)C1. The van der Waals surface area contributed by atoms with Crippen LogP contribution in [0.5, 0.6) is 5.75 Å². The first kappa shape index (κ1) is 20.9. The van der Waals surface area contributed by atoms with Gasteiger partial charge in [0.1, 0.15) is 11.4 Å². The van der Waals surface area contributed by atoms with E-state index >= 15 is 0 Å². The van der Waals surface area contributed by atoms with Gasteiger partial charge in [0.2, 0.25) is 0 Å². The summed E-state index contributed by atoms with van der Waals surface area (Å²) in [5.74, 6) is 0.146. The quantitative estimate of drug-likeness (QED) is 0.604. The summed E-state index contributed by atoms with van der Waals surface area (Å²) in [5, 5.41) is 24.3. The van der Waals surface area contributed by atoms with Gasteiger partial charge in [-0.25, -0.2) is 0 Å². The number of hydrogen-bond acceptors (Lipinski definition) is 6. The minimum Gasteiger partial charge on any atom is -0.507 e. The van der Waals surface area contributed by atoms with Crippen molar-refractivity contribution in [3.8, 4) is 17.0 Å². The molecule has 6 nitrogen and oxygen atoms in total. The topological polar surface area (TPSA) is 74.2 Å². The van der Waals surface area contributed by atoms with Crippen molar-refractivity contribution in [3.05, 3.63) is 41.7 Å². The third-order valence-corrected chi connectivity index (χ3v) is 6.28. The number of rotatable bonds is 4. The summed E-state index contributed by atoms with van der Waals surface area (Å²) in [4.78, 5) is 6.48.